The highest BCUT2D eigenvalue weighted by molar-refractivity contribution is 6.28. The number of hydrogen-bond acceptors (Lipinski definition) is 2. The maximum Gasteiger partial charge on any atom is 0.202 e. The van der Waals surface area contributed by atoms with Crippen LogP contribution in [-0.2, 0) is 6.54 Å². The number of rotatable bonds is 3. The summed E-state index contributed by atoms with van der Waals surface area (Å²) in [5, 5.41) is 0.625. The second-order valence-electron chi connectivity index (χ2n) is 4.77. The molecule has 0 saturated carbocycles. The molecular formula is C12H20ClN3. The lowest BCUT2D eigenvalue weighted by Crippen LogP contribution is -2.28. The fraction of sp³-hybridized carbons (Fsp3) is 0.750. The Morgan fingerprint density at radius 3 is 2.88 bits per heavy atom. The van der Waals surface area contributed by atoms with Crippen LogP contribution >= 0.6 is 11.6 Å². The van der Waals surface area contributed by atoms with Gasteiger partial charge in [0.05, 0.1) is 6.20 Å². The summed E-state index contributed by atoms with van der Waals surface area (Å²) in [4.78, 5) is 6.73. The Bertz CT molecular complexity index is 359. The van der Waals surface area contributed by atoms with Crippen molar-refractivity contribution in [2.24, 2.45) is 0 Å². The molecule has 1 aromatic heterocycles. The SMILES string of the molecule is CCn1c(C2CCN(C(C)C)C2)cnc1Cl. The Morgan fingerprint density at radius 2 is 2.31 bits per heavy atom. The third kappa shape index (κ3) is 2.11. The first-order valence-corrected chi connectivity index (χ1v) is 6.46. The van der Waals surface area contributed by atoms with E-state index in [1.807, 2.05) is 6.20 Å². The predicted molar refractivity (Wildman–Crippen MR) is 67.0 cm³/mol. The summed E-state index contributed by atoms with van der Waals surface area (Å²) in [6.07, 6.45) is 3.17. The van der Waals surface area contributed by atoms with Gasteiger partial charge in [0.1, 0.15) is 0 Å². The van der Waals surface area contributed by atoms with Crippen LogP contribution in [0.25, 0.3) is 0 Å². The van der Waals surface area contributed by atoms with Crippen molar-refractivity contribution < 1.29 is 0 Å². The molecule has 0 spiro atoms. The molecule has 1 unspecified atom stereocenters. The Balaban J connectivity index is 2.14. The second kappa shape index (κ2) is 4.76. The molecule has 0 radical (unpaired) electrons. The molecule has 16 heavy (non-hydrogen) atoms. The third-order valence-electron chi connectivity index (χ3n) is 3.52. The van der Waals surface area contributed by atoms with Gasteiger partial charge < -0.3 is 9.47 Å². The van der Waals surface area contributed by atoms with E-state index in [0.717, 1.165) is 13.1 Å². The number of hydrogen-bond donors (Lipinski definition) is 0. The summed E-state index contributed by atoms with van der Waals surface area (Å²) in [7, 11) is 0. The van der Waals surface area contributed by atoms with Gasteiger partial charge in [0.15, 0.2) is 0 Å². The van der Waals surface area contributed by atoms with E-state index in [-0.39, 0.29) is 0 Å². The summed E-state index contributed by atoms with van der Waals surface area (Å²) in [6, 6.07) is 0.637. The van der Waals surface area contributed by atoms with Crippen LogP contribution in [0.2, 0.25) is 5.28 Å². The van der Waals surface area contributed by atoms with Crippen LogP contribution in [0.5, 0.6) is 0 Å². The Kier molecular flexibility index (Phi) is 3.55. The van der Waals surface area contributed by atoms with Crippen molar-refractivity contribution in [3.8, 4) is 0 Å². The first-order valence-electron chi connectivity index (χ1n) is 6.08. The van der Waals surface area contributed by atoms with Gasteiger partial charge in [-0.3, -0.25) is 0 Å². The van der Waals surface area contributed by atoms with E-state index in [1.54, 1.807) is 0 Å². The highest BCUT2D eigenvalue weighted by Crippen LogP contribution is 2.29. The van der Waals surface area contributed by atoms with Gasteiger partial charge in [0.25, 0.3) is 0 Å². The van der Waals surface area contributed by atoms with E-state index in [9.17, 15) is 0 Å². The molecule has 1 saturated heterocycles. The quantitative estimate of drug-likeness (QED) is 0.812. The maximum absolute atomic E-state index is 6.06. The Hall–Kier alpha value is -0.540. The minimum Gasteiger partial charge on any atom is -0.319 e. The zero-order chi connectivity index (χ0) is 11.7. The Labute approximate surface area is 102 Å². The number of aromatic nitrogens is 2. The number of imidazole rings is 1. The average molecular weight is 242 g/mol. The summed E-state index contributed by atoms with van der Waals surface area (Å²) < 4.78 is 2.12. The van der Waals surface area contributed by atoms with Crippen molar-refractivity contribution in [2.45, 2.75) is 45.7 Å². The number of halogens is 1. The Morgan fingerprint density at radius 1 is 1.56 bits per heavy atom. The van der Waals surface area contributed by atoms with E-state index >= 15 is 0 Å². The lowest BCUT2D eigenvalue weighted by Gasteiger charge is -2.20. The maximum atomic E-state index is 6.06. The minimum atomic E-state index is 0.599. The molecule has 1 fully saturated rings. The summed E-state index contributed by atoms with van der Waals surface area (Å²) in [5.74, 6) is 0.599. The molecule has 90 valence electrons. The second-order valence-corrected chi connectivity index (χ2v) is 5.11. The van der Waals surface area contributed by atoms with Crippen LogP contribution in [0, 0.1) is 0 Å². The van der Waals surface area contributed by atoms with Gasteiger partial charge in [-0.1, -0.05) is 0 Å². The molecule has 0 amide bonds. The summed E-state index contributed by atoms with van der Waals surface area (Å²) in [6.45, 7) is 9.87. The highest BCUT2D eigenvalue weighted by Gasteiger charge is 2.28. The van der Waals surface area contributed by atoms with E-state index in [4.69, 9.17) is 11.6 Å². The lowest BCUT2D eigenvalue weighted by molar-refractivity contribution is 0.272. The van der Waals surface area contributed by atoms with Gasteiger partial charge in [0, 0.05) is 30.7 Å². The molecule has 1 atom stereocenters. The molecule has 1 aliphatic heterocycles. The third-order valence-corrected chi connectivity index (χ3v) is 3.82. The molecule has 1 aromatic rings. The van der Waals surface area contributed by atoms with E-state index < -0.39 is 0 Å². The zero-order valence-corrected chi connectivity index (χ0v) is 11.0. The summed E-state index contributed by atoms with van der Waals surface area (Å²) in [5.41, 5.74) is 1.30. The van der Waals surface area contributed by atoms with Gasteiger partial charge in [-0.05, 0) is 45.3 Å². The van der Waals surface area contributed by atoms with Crippen molar-refractivity contribution in [1.82, 2.24) is 14.5 Å². The van der Waals surface area contributed by atoms with Gasteiger partial charge in [-0.25, -0.2) is 4.98 Å². The van der Waals surface area contributed by atoms with Crippen LogP contribution < -0.4 is 0 Å². The van der Waals surface area contributed by atoms with Crippen molar-refractivity contribution >= 4 is 11.6 Å². The van der Waals surface area contributed by atoms with Crippen LogP contribution in [0.1, 0.15) is 38.8 Å². The zero-order valence-electron chi connectivity index (χ0n) is 10.3. The lowest BCUT2D eigenvalue weighted by atomic mass is 10.1. The average Bonchev–Trinajstić information content (AvgIpc) is 2.83. The number of likely N-dealkylation sites (tertiary alicyclic amines) is 1. The van der Waals surface area contributed by atoms with E-state index in [1.165, 1.54) is 18.7 Å². The fourth-order valence-electron chi connectivity index (χ4n) is 2.50. The number of nitrogens with zero attached hydrogens (tertiary/aromatic N) is 3. The van der Waals surface area contributed by atoms with Gasteiger partial charge in [-0.2, -0.15) is 0 Å². The molecule has 3 nitrogen and oxygen atoms in total. The van der Waals surface area contributed by atoms with Gasteiger partial charge in [0.2, 0.25) is 5.28 Å². The van der Waals surface area contributed by atoms with Crippen molar-refractivity contribution in [3.63, 3.8) is 0 Å². The highest BCUT2D eigenvalue weighted by atomic mass is 35.5. The molecule has 0 N–H and O–H groups in total. The van der Waals surface area contributed by atoms with Crippen LogP contribution in [0.4, 0.5) is 0 Å². The van der Waals surface area contributed by atoms with E-state index in [2.05, 4.69) is 35.2 Å². The van der Waals surface area contributed by atoms with Crippen molar-refractivity contribution in [2.75, 3.05) is 13.1 Å². The molecule has 4 heteroatoms. The molecule has 0 bridgehead atoms. The topological polar surface area (TPSA) is 21.1 Å². The van der Waals surface area contributed by atoms with Crippen molar-refractivity contribution in [3.05, 3.63) is 17.2 Å². The first-order chi connectivity index (χ1) is 7.63. The largest absolute Gasteiger partial charge is 0.319 e. The van der Waals surface area contributed by atoms with Gasteiger partial charge in [-0.15, -0.1) is 0 Å². The summed E-state index contributed by atoms with van der Waals surface area (Å²) >= 11 is 6.06. The first kappa shape index (κ1) is 11.9. The van der Waals surface area contributed by atoms with Crippen LogP contribution in [-0.4, -0.2) is 33.6 Å². The molecule has 2 heterocycles. The molecule has 2 rings (SSSR count). The molecular weight excluding hydrogens is 222 g/mol. The van der Waals surface area contributed by atoms with Crippen LogP contribution in [0.15, 0.2) is 6.20 Å². The van der Waals surface area contributed by atoms with Gasteiger partial charge >= 0.3 is 0 Å². The molecule has 1 aliphatic rings. The smallest absolute Gasteiger partial charge is 0.202 e. The van der Waals surface area contributed by atoms with E-state index in [0.29, 0.717) is 17.2 Å². The standard InChI is InChI=1S/C12H20ClN3/c1-4-16-11(7-14-12(16)13)10-5-6-15(8-10)9(2)3/h7,9-10H,4-6,8H2,1-3H3. The molecule has 0 aromatic carbocycles. The molecule has 0 aliphatic carbocycles. The van der Waals surface area contributed by atoms with Crippen LogP contribution in [0.3, 0.4) is 0 Å². The predicted octanol–water partition coefficient (Wildman–Crippen LogP) is 2.75. The fourth-order valence-corrected chi connectivity index (χ4v) is 2.77. The minimum absolute atomic E-state index is 0.599. The normalized spacial score (nSPS) is 22.2. The monoisotopic (exact) mass is 241 g/mol. The van der Waals surface area contributed by atoms with Crippen molar-refractivity contribution in [1.29, 1.82) is 0 Å².